The van der Waals surface area contributed by atoms with Crippen LogP contribution in [-0.2, 0) is 0 Å². The van der Waals surface area contributed by atoms with Crippen LogP contribution in [0.2, 0.25) is 0 Å². The number of hydrogen-bond donors (Lipinski definition) is 3. The summed E-state index contributed by atoms with van der Waals surface area (Å²) >= 11 is 0. The van der Waals surface area contributed by atoms with Crippen molar-refractivity contribution in [3.05, 3.63) is 30.0 Å². The third-order valence-electron chi connectivity index (χ3n) is 7.07. The Bertz CT molecular complexity index is 925. The van der Waals surface area contributed by atoms with Gasteiger partial charge in [-0.3, -0.25) is 4.79 Å². The van der Waals surface area contributed by atoms with Crippen LogP contribution in [0.4, 0.5) is 23.1 Å². The zero-order valence-electron chi connectivity index (χ0n) is 17.9. The zero-order valence-corrected chi connectivity index (χ0v) is 17.9. The normalized spacial score (nSPS) is 20.5. The number of carbonyl (C=O) groups excluding carboxylic acids is 1. The van der Waals surface area contributed by atoms with Gasteiger partial charge in [-0.1, -0.05) is 19.3 Å². The van der Waals surface area contributed by atoms with Gasteiger partial charge in [0.1, 0.15) is 0 Å². The van der Waals surface area contributed by atoms with Crippen LogP contribution in [-0.4, -0.2) is 40.2 Å². The van der Waals surface area contributed by atoms with Gasteiger partial charge in [0.2, 0.25) is 5.95 Å². The molecule has 31 heavy (non-hydrogen) atoms. The summed E-state index contributed by atoms with van der Waals surface area (Å²) < 4.78 is 0. The molecule has 1 saturated heterocycles. The lowest BCUT2D eigenvalue weighted by Gasteiger charge is -2.45. The van der Waals surface area contributed by atoms with Gasteiger partial charge in [-0.15, -0.1) is 10.2 Å². The second kappa shape index (κ2) is 8.32. The number of rotatable bonds is 6. The molecule has 0 radical (unpaired) electrons. The Kier molecular flexibility index (Phi) is 5.38. The molecule has 2 aliphatic carbocycles. The van der Waals surface area contributed by atoms with E-state index >= 15 is 0 Å². The number of amides is 1. The number of benzene rings is 1. The monoisotopic (exact) mass is 421 g/mol. The fraction of sp³-hybridized carbons (Fsp3) is 0.565. The predicted octanol–water partition coefficient (Wildman–Crippen LogP) is 3.84. The molecule has 8 heteroatoms. The highest BCUT2D eigenvalue weighted by Crippen LogP contribution is 2.45. The molecular weight excluding hydrogens is 390 g/mol. The van der Waals surface area contributed by atoms with Gasteiger partial charge >= 0.3 is 0 Å². The summed E-state index contributed by atoms with van der Waals surface area (Å²) in [5.41, 5.74) is 8.24. The standard InChI is InChI=1S/C23H31N7O/c24-20(31)19-21(25-16-4-5-16)27-22(29-28-19)26-17-6-8-18(9-7-17)30-14-12-23(13-15-30)10-2-1-3-11-23/h6-9,16H,1-5,10-15H2,(H2,24,31)(H2,25,26,27,29). The average molecular weight is 422 g/mol. The van der Waals surface area contributed by atoms with Crippen LogP contribution >= 0.6 is 0 Å². The Labute approximate surface area is 183 Å². The topological polar surface area (TPSA) is 109 Å². The maximum Gasteiger partial charge on any atom is 0.273 e. The highest BCUT2D eigenvalue weighted by Gasteiger charge is 2.35. The molecule has 0 unspecified atom stereocenters. The molecular formula is C23H31N7O. The number of hydrogen-bond acceptors (Lipinski definition) is 7. The second-order valence-corrected chi connectivity index (χ2v) is 9.34. The van der Waals surface area contributed by atoms with Crippen LogP contribution in [0, 0.1) is 5.41 Å². The van der Waals surface area contributed by atoms with Gasteiger partial charge in [-0.25, -0.2) is 0 Å². The zero-order chi connectivity index (χ0) is 21.3. The molecule has 2 aromatic rings. The molecule has 1 aliphatic heterocycles. The van der Waals surface area contributed by atoms with E-state index in [9.17, 15) is 4.79 Å². The molecule has 4 N–H and O–H groups in total. The minimum absolute atomic E-state index is 0.0774. The van der Waals surface area contributed by atoms with Crippen LogP contribution in [0.5, 0.6) is 0 Å². The summed E-state index contributed by atoms with van der Waals surface area (Å²) in [4.78, 5) is 18.5. The number of primary amides is 1. The first-order chi connectivity index (χ1) is 15.1. The molecule has 5 rings (SSSR count). The molecule has 2 saturated carbocycles. The fourth-order valence-electron chi connectivity index (χ4n) is 4.99. The Morgan fingerprint density at radius 2 is 1.71 bits per heavy atom. The Morgan fingerprint density at radius 1 is 1.00 bits per heavy atom. The number of nitrogens with zero attached hydrogens (tertiary/aromatic N) is 4. The first-order valence-corrected chi connectivity index (χ1v) is 11.5. The van der Waals surface area contributed by atoms with Gasteiger partial charge in [0.05, 0.1) is 0 Å². The summed E-state index contributed by atoms with van der Waals surface area (Å²) in [6, 6.07) is 8.71. The van der Waals surface area contributed by atoms with Crippen molar-refractivity contribution in [3.63, 3.8) is 0 Å². The highest BCUT2D eigenvalue weighted by molar-refractivity contribution is 5.95. The molecule has 3 fully saturated rings. The van der Waals surface area contributed by atoms with E-state index in [0.29, 0.717) is 23.2 Å². The van der Waals surface area contributed by atoms with Crippen molar-refractivity contribution in [1.29, 1.82) is 0 Å². The number of anilines is 4. The molecule has 0 atom stereocenters. The SMILES string of the molecule is NC(=O)c1nnc(Nc2ccc(N3CCC4(CCCCC4)CC3)cc2)nc1NC1CC1. The largest absolute Gasteiger partial charge is 0.371 e. The van der Waals surface area contributed by atoms with Crippen LogP contribution in [0.3, 0.4) is 0 Å². The summed E-state index contributed by atoms with van der Waals surface area (Å²) in [6.45, 7) is 2.29. The summed E-state index contributed by atoms with van der Waals surface area (Å²) in [5.74, 6) is 0.114. The van der Waals surface area contributed by atoms with E-state index in [0.717, 1.165) is 31.6 Å². The number of piperidine rings is 1. The lowest BCUT2D eigenvalue weighted by atomic mass is 9.68. The third kappa shape index (κ3) is 4.57. The summed E-state index contributed by atoms with van der Waals surface area (Å²) in [6.07, 6.45) is 11.8. The molecule has 0 bridgehead atoms. The first kappa shape index (κ1) is 20.0. The van der Waals surface area contributed by atoms with E-state index in [2.05, 4.69) is 42.8 Å². The smallest absolute Gasteiger partial charge is 0.273 e. The van der Waals surface area contributed by atoms with Gasteiger partial charge in [-0.05, 0) is 68.2 Å². The van der Waals surface area contributed by atoms with Crippen LogP contribution in [0.25, 0.3) is 0 Å². The third-order valence-corrected chi connectivity index (χ3v) is 7.07. The van der Waals surface area contributed by atoms with Crippen molar-refractivity contribution in [2.24, 2.45) is 11.1 Å². The van der Waals surface area contributed by atoms with E-state index < -0.39 is 5.91 Å². The van der Waals surface area contributed by atoms with E-state index in [1.165, 1.54) is 50.6 Å². The molecule has 2 heterocycles. The first-order valence-electron chi connectivity index (χ1n) is 11.5. The van der Waals surface area contributed by atoms with Crippen LogP contribution in [0.1, 0.15) is 68.3 Å². The maximum atomic E-state index is 11.6. The van der Waals surface area contributed by atoms with Gasteiger partial charge in [0, 0.05) is 30.5 Å². The van der Waals surface area contributed by atoms with E-state index in [1.54, 1.807) is 0 Å². The summed E-state index contributed by atoms with van der Waals surface area (Å²) in [5, 5.41) is 14.4. The quantitative estimate of drug-likeness (QED) is 0.650. The molecule has 1 aromatic heterocycles. The Hall–Kier alpha value is -2.90. The predicted molar refractivity (Wildman–Crippen MR) is 122 cm³/mol. The lowest BCUT2D eigenvalue weighted by molar-refractivity contribution is 0.0995. The number of nitrogens with one attached hydrogen (secondary N) is 2. The Morgan fingerprint density at radius 3 is 2.35 bits per heavy atom. The van der Waals surface area contributed by atoms with Crippen molar-refractivity contribution >= 4 is 29.0 Å². The van der Waals surface area contributed by atoms with Gasteiger partial charge in [0.15, 0.2) is 11.5 Å². The Balaban J connectivity index is 1.23. The lowest BCUT2D eigenvalue weighted by Crippen LogP contribution is -2.41. The average Bonchev–Trinajstić information content (AvgIpc) is 3.60. The van der Waals surface area contributed by atoms with Crippen molar-refractivity contribution in [1.82, 2.24) is 15.2 Å². The van der Waals surface area contributed by atoms with Crippen molar-refractivity contribution < 1.29 is 4.79 Å². The summed E-state index contributed by atoms with van der Waals surface area (Å²) in [7, 11) is 0. The molecule has 8 nitrogen and oxygen atoms in total. The van der Waals surface area contributed by atoms with Crippen LogP contribution in [0.15, 0.2) is 24.3 Å². The highest BCUT2D eigenvalue weighted by atomic mass is 16.1. The molecule has 1 aromatic carbocycles. The van der Waals surface area contributed by atoms with E-state index in [1.807, 2.05) is 12.1 Å². The molecule has 1 amide bonds. The minimum Gasteiger partial charge on any atom is -0.371 e. The van der Waals surface area contributed by atoms with Gasteiger partial charge in [0.25, 0.3) is 5.91 Å². The van der Waals surface area contributed by atoms with E-state index in [4.69, 9.17) is 5.73 Å². The molecule has 3 aliphatic rings. The van der Waals surface area contributed by atoms with Crippen LogP contribution < -0.4 is 21.3 Å². The molecule has 164 valence electrons. The van der Waals surface area contributed by atoms with E-state index in [-0.39, 0.29) is 5.69 Å². The van der Waals surface area contributed by atoms with Crippen molar-refractivity contribution in [2.75, 3.05) is 28.6 Å². The maximum absolute atomic E-state index is 11.6. The van der Waals surface area contributed by atoms with Crippen molar-refractivity contribution in [2.45, 2.75) is 63.8 Å². The van der Waals surface area contributed by atoms with Gasteiger partial charge < -0.3 is 21.3 Å². The second-order valence-electron chi connectivity index (χ2n) is 9.34. The van der Waals surface area contributed by atoms with Gasteiger partial charge in [-0.2, -0.15) is 4.98 Å². The number of nitrogens with two attached hydrogens (primary N) is 1. The number of carbonyl (C=O) groups is 1. The number of aromatic nitrogens is 3. The van der Waals surface area contributed by atoms with Crippen molar-refractivity contribution in [3.8, 4) is 0 Å². The minimum atomic E-state index is -0.629. The fourth-order valence-corrected chi connectivity index (χ4v) is 4.99. The molecule has 1 spiro atoms.